The summed E-state index contributed by atoms with van der Waals surface area (Å²) in [5, 5.41) is 0. The van der Waals surface area contributed by atoms with E-state index in [0.717, 1.165) is 51.6 Å². The highest BCUT2D eigenvalue weighted by Gasteiger charge is 2.34. The molecule has 5 nitrogen and oxygen atoms in total. The van der Waals surface area contributed by atoms with Crippen LogP contribution in [0.2, 0.25) is 0 Å². The normalized spacial score (nSPS) is 25.2. The Morgan fingerprint density at radius 1 is 1.17 bits per heavy atom. The summed E-state index contributed by atoms with van der Waals surface area (Å²) in [6.45, 7) is 4.13. The highest BCUT2D eigenvalue weighted by molar-refractivity contribution is 5.78. The number of ether oxygens (including phenoxy) is 2. The van der Waals surface area contributed by atoms with Crippen molar-refractivity contribution in [1.29, 1.82) is 0 Å². The minimum atomic E-state index is -0.533. The molecule has 3 aliphatic rings. The van der Waals surface area contributed by atoms with Crippen molar-refractivity contribution in [2.24, 2.45) is 11.8 Å². The van der Waals surface area contributed by atoms with E-state index < -0.39 is 11.6 Å². The van der Waals surface area contributed by atoms with Gasteiger partial charge < -0.3 is 14.4 Å². The molecule has 0 spiro atoms. The Labute approximate surface area is 177 Å². The molecular formula is C23H32F2N2O3. The summed E-state index contributed by atoms with van der Waals surface area (Å²) in [6.07, 6.45) is 5.31. The third-order valence-corrected chi connectivity index (χ3v) is 6.67. The van der Waals surface area contributed by atoms with Crippen LogP contribution in [0.4, 0.5) is 8.78 Å². The fraction of sp³-hybridized carbons (Fsp3) is 0.696. The van der Waals surface area contributed by atoms with Crippen LogP contribution < -0.4 is 4.74 Å². The minimum absolute atomic E-state index is 0.0511. The molecule has 4 rings (SSSR count). The lowest BCUT2D eigenvalue weighted by Gasteiger charge is -2.38. The highest BCUT2D eigenvalue weighted by atomic mass is 19.1. The monoisotopic (exact) mass is 422 g/mol. The molecule has 2 heterocycles. The van der Waals surface area contributed by atoms with Crippen LogP contribution in [0.5, 0.6) is 5.75 Å². The molecule has 1 saturated carbocycles. The lowest BCUT2D eigenvalue weighted by Crippen LogP contribution is -2.44. The van der Waals surface area contributed by atoms with Gasteiger partial charge in [0.25, 0.3) is 0 Å². The number of carbonyl (C=O) groups excluding carboxylic acids is 1. The first-order chi connectivity index (χ1) is 14.5. The number of hydrogen-bond donors (Lipinski definition) is 0. The van der Waals surface area contributed by atoms with E-state index in [1.54, 1.807) is 0 Å². The van der Waals surface area contributed by atoms with Gasteiger partial charge in [-0.3, -0.25) is 9.69 Å². The van der Waals surface area contributed by atoms with Crippen molar-refractivity contribution in [3.8, 4) is 5.75 Å². The van der Waals surface area contributed by atoms with Gasteiger partial charge in [0, 0.05) is 57.0 Å². The van der Waals surface area contributed by atoms with Gasteiger partial charge in [0.05, 0.1) is 6.10 Å². The summed E-state index contributed by atoms with van der Waals surface area (Å²) in [7, 11) is 1.86. The zero-order valence-corrected chi connectivity index (χ0v) is 17.7. The molecule has 0 radical (unpaired) electrons. The summed E-state index contributed by atoms with van der Waals surface area (Å²) in [5.41, 5.74) is 0.129. The van der Waals surface area contributed by atoms with E-state index >= 15 is 0 Å². The molecule has 0 N–H and O–H groups in total. The fourth-order valence-electron chi connectivity index (χ4n) is 4.81. The summed E-state index contributed by atoms with van der Waals surface area (Å²) in [6, 6.07) is 2.62. The molecule has 1 amide bonds. The predicted molar refractivity (Wildman–Crippen MR) is 109 cm³/mol. The molecule has 7 heteroatoms. The van der Waals surface area contributed by atoms with E-state index in [9.17, 15) is 13.6 Å². The number of halogens is 2. The molecule has 30 heavy (non-hydrogen) atoms. The van der Waals surface area contributed by atoms with Crippen molar-refractivity contribution < 1.29 is 23.0 Å². The van der Waals surface area contributed by atoms with Crippen molar-refractivity contribution in [3.63, 3.8) is 0 Å². The Morgan fingerprint density at radius 2 is 1.80 bits per heavy atom. The summed E-state index contributed by atoms with van der Waals surface area (Å²) < 4.78 is 40.0. The fourth-order valence-corrected chi connectivity index (χ4v) is 4.81. The standard InChI is InChI=1S/C23H32F2N2O3/c1-26(23(28)17-4-8-29-9-5-17)14-16-10-18(11-16)30-19-12-21(24)20(22(25)13-19)15-27-6-2-3-7-27/h12-13,16-18H,2-11,14-15H2,1H3. The molecule has 0 atom stereocenters. The second-order valence-electron chi connectivity index (χ2n) is 9.03. The molecule has 2 aliphatic heterocycles. The second kappa shape index (κ2) is 9.60. The Hall–Kier alpha value is -1.73. The van der Waals surface area contributed by atoms with Gasteiger partial charge in [-0.15, -0.1) is 0 Å². The number of likely N-dealkylation sites (tertiary alicyclic amines) is 1. The quantitative estimate of drug-likeness (QED) is 0.673. The van der Waals surface area contributed by atoms with E-state index in [1.165, 1.54) is 12.1 Å². The number of amides is 1. The van der Waals surface area contributed by atoms with E-state index in [0.29, 0.717) is 32.2 Å². The summed E-state index contributed by atoms with van der Waals surface area (Å²) >= 11 is 0. The maximum absolute atomic E-state index is 14.5. The second-order valence-corrected chi connectivity index (χ2v) is 9.03. The maximum Gasteiger partial charge on any atom is 0.225 e. The third-order valence-electron chi connectivity index (χ3n) is 6.67. The van der Waals surface area contributed by atoms with E-state index in [1.807, 2.05) is 11.9 Å². The summed E-state index contributed by atoms with van der Waals surface area (Å²) in [5.74, 6) is -0.177. The first-order valence-corrected chi connectivity index (χ1v) is 11.2. The van der Waals surface area contributed by atoms with Crippen LogP contribution in [-0.2, 0) is 16.1 Å². The van der Waals surface area contributed by atoms with E-state index in [2.05, 4.69) is 4.90 Å². The Morgan fingerprint density at radius 3 is 2.43 bits per heavy atom. The number of hydrogen-bond acceptors (Lipinski definition) is 4. The molecule has 0 aromatic heterocycles. The van der Waals surface area contributed by atoms with Gasteiger partial charge in [-0.05, 0) is 57.5 Å². The lowest BCUT2D eigenvalue weighted by atomic mass is 9.81. The maximum atomic E-state index is 14.5. The van der Waals surface area contributed by atoms with Crippen LogP contribution >= 0.6 is 0 Å². The minimum Gasteiger partial charge on any atom is -0.490 e. The van der Waals surface area contributed by atoms with Crippen LogP contribution in [0, 0.1) is 23.5 Å². The van der Waals surface area contributed by atoms with Gasteiger partial charge in [0.2, 0.25) is 5.91 Å². The average Bonchev–Trinajstić information content (AvgIpc) is 3.22. The van der Waals surface area contributed by atoms with Gasteiger partial charge in [0.15, 0.2) is 0 Å². The largest absolute Gasteiger partial charge is 0.490 e. The molecule has 166 valence electrons. The SMILES string of the molecule is CN(CC1CC(Oc2cc(F)c(CN3CCCC3)c(F)c2)C1)C(=O)C1CCOCC1. The highest BCUT2D eigenvalue weighted by Crippen LogP contribution is 2.33. The van der Waals surface area contributed by atoms with Gasteiger partial charge in [-0.1, -0.05) is 0 Å². The molecule has 0 unspecified atom stereocenters. The molecule has 0 bridgehead atoms. The molecule has 1 aliphatic carbocycles. The number of benzene rings is 1. The van der Waals surface area contributed by atoms with E-state index in [4.69, 9.17) is 9.47 Å². The van der Waals surface area contributed by atoms with Crippen molar-refractivity contribution in [3.05, 3.63) is 29.3 Å². The summed E-state index contributed by atoms with van der Waals surface area (Å²) in [4.78, 5) is 16.4. The van der Waals surface area contributed by atoms with Crippen molar-refractivity contribution >= 4 is 5.91 Å². The first kappa shape index (κ1) is 21.5. The van der Waals surface area contributed by atoms with Gasteiger partial charge >= 0.3 is 0 Å². The predicted octanol–water partition coefficient (Wildman–Crippen LogP) is 3.60. The smallest absolute Gasteiger partial charge is 0.225 e. The molecule has 1 aromatic carbocycles. The van der Waals surface area contributed by atoms with Crippen LogP contribution in [-0.4, -0.2) is 61.7 Å². The zero-order chi connectivity index (χ0) is 21.1. The van der Waals surface area contributed by atoms with Gasteiger partial charge in [0.1, 0.15) is 17.4 Å². The first-order valence-electron chi connectivity index (χ1n) is 11.2. The lowest BCUT2D eigenvalue weighted by molar-refractivity contribution is -0.138. The Bertz CT molecular complexity index is 719. The zero-order valence-electron chi connectivity index (χ0n) is 17.7. The number of rotatable bonds is 7. The Balaban J connectivity index is 1.24. The number of nitrogens with zero attached hydrogens (tertiary/aromatic N) is 2. The van der Waals surface area contributed by atoms with Crippen LogP contribution in [0.15, 0.2) is 12.1 Å². The molecular weight excluding hydrogens is 390 g/mol. The van der Waals surface area contributed by atoms with Gasteiger partial charge in [-0.2, -0.15) is 0 Å². The molecule has 2 saturated heterocycles. The Kier molecular flexibility index (Phi) is 6.88. The van der Waals surface area contributed by atoms with Crippen molar-refractivity contribution in [2.45, 2.75) is 51.2 Å². The van der Waals surface area contributed by atoms with Crippen LogP contribution in [0.25, 0.3) is 0 Å². The molecule has 3 fully saturated rings. The van der Waals surface area contributed by atoms with Crippen LogP contribution in [0.1, 0.15) is 44.1 Å². The van der Waals surface area contributed by atoms with Gasteiger partial charge in [-0.25, -0.2) is 8.78 Å². The average molecular weight is 423 g/mol. The van der Waals surface area contributed by atoms with Crippen molar-refractivity contribution in [2.75, 3.05) is 39.9 Å². The third kappa shape index (κ3) is 5.11. The number of carbonyl (C=O) groups is 1. The topological polar surface area (TPSA) is 42.0 Å². The van der Waals surface area contributed by atoms with Crippen molar-refractivity contribution in [1.82, 2.24) is 9.80 Å². The van der Waals surface area contributed by atoms with Crippen LogP contribution in [0.3, 0.4) is 0 Å². The molecule has 1 aromatic rings. The van der Waals surface area contributed by atoms with E-state index in [-0.39, 0.29) is 29.2 Å².